The number of benzene rings is 2. The molecule has 1 heterocycles. The molecule has 1 fully saturated rings. The van der Waals surface area contributed by atoms with E-state index in [1.54, 1.807) is 4.90 Å². The first-order valence-electron chi connectivity index (χ1n) is 8.98. The maximum Gasteiger partial charge on any atom is 0.256 e. The molecule has 1 atom stereocenters. The van der Waals surface area contributed by atoms with Gasteiger partial charge in [-0.3, -0.25) is 4.79 Å². The van der Waals surface area contributed by atoms with Gasteiger partial charge in [-0.15, -0.1) is 0 Å². The quantitative estimate of drug-likeness (QED) is 0.761. The Kier molecular flexibility index (Phi) is 6.09. The normalized spacial score (nSPS) is 18.5. The molecule has 0 N–H and O–H groups in total. The summed E-state index contributed by atoms with van der Waals surface area (Å²) in [4.78, 5) is 17.4. The van der Waals surface area contributed by atoms with E-state index in [-0.39, 0.29) is 27.4 Å². The Balaban J connectivity index is 2.00. The standard InChI is InChI=1S/C20H24ClN3O3S/c1-22(2)28(26,27)16-9-10-18(21)17(13-16)20(25)24-12-11-23(3)14-19(24)15-7-5-4-6-8-15/h4-10,13,19H,11-12,14H2,1-3H3. The van der Waals surface area contributed by atoms with Crippen LogP contribution in [0.15, 0.2) is 53.4 Å². The number of rotatable bonds is 4. The van der Waals surface area contributed by atoms with E-state index in [4.69, 9.17) is 11.6 Å². The Labute approximate surface area is 171 Å². The maximum absolute atomic E-state index is 13.4. The minimum absolute atomic E-state index is 0.0515. The van der Waals surface area contributed by atoms with E-state index in [9.17, 15) is 13.2 Å². The Hall–Kier alpha value is -1.93. The minimum Gasteiger partial charge on any atom is -0.329 e. The molecular weight excluding hydrogens is 398 g/mol. The van der Waals surface area contributed by atoms with Crippen molar-refractivity contribution in [2.75, 3.05) is 40.8 Å². The Morgan fingerprint density at radius 2 is 1.79 bits per heavy atom. The van der Waals surface area contributed by atoms with E-state index < -0.39 is 10.0 Å². The Morgan fingerprint density at radius 1 is 1.11 bits per heavy atom. The molecule has 3 rings (SSSR count). The fourth-order valence-electron chi connectivity index (χ4n) is 3.32. The summed E-state index contributed by atoms with van der Waals surface area (Å²) in [7, 11) is 1.28. The summed E-state index contributed by atoms with van der Waals surface area (Å²) in [6.07, 6.45) is 0. The van der Waals surface area contributed by atoms with Gasteiger partial charge in [-0.2, -0.15) is 0 Å². The first kappa shape index (κ1) is 20.8. The zero-order chi connectivity index (χ0) is 20.5. The lowest BCUT2D eigenvalue weighted by Gasteiger charge is -2.40. The van der Waals surface area contributed by atoms with Crippen molar-refractivity contribution in [3.63, 3.8) is 0 Å². The van der Waals surface area contributed by atoms with E-state index in [1.165, 1.54) is 32.3 Å². The first-order valence-corrected chi connectivity index (χ1v) is 10.8. The molecule has 1 saturated heterocycles. The van der Waals surface area contributed by atoms with Crippen molar-refractivity contribution in [2.24, 2.45) is 0 Å². The zero-order valence-electron chi connectivity index (χ0n) is 16.2. The topological polar surface area (TPSA) is 60.9 Å². The molecular formula is C20H24ClN3O3S. The highest BCUT2D eigenvalue weighted by atomic mass is 35.5. The van der Waals surface area contributed by atoms with Crippen molar-refractivity contribution < 1.29 is 13.2 Å². The van der Waals surface area contributed by atoms with Gasteiger partial charge in [0.2, 0.25) is 10.0 Å². The van der Waals surface area contributed by atoms with Crippen LogP contribution < -0.4 is 0 Å². The third-order valence-corrected chi connectivity index (χ3v) is 7.12. The predicted molar refractivity (Wildman–Crippen MR) is 110 cm³/mol. The van der Waals surface area contributed by atoms with E-state index in [0.29, 0.717) is 13.1 Å². The maximum atomic E-state index is 13.4. The number of piperazine rings is 1. The number of hydrogen-bond donors (Lipinski definition) is 0. The van der Waals surface area contributed by atoms with Gasteiger partial charge in [0.15, 0.2) is 0 Å². The summed E-state index contributed by atoms with van der Waals surface area (Å²) in [6, 6.07) is 14.0. The summed E-state index contributed by atoms with van der Waals surface area (Å²) in [5.41, 5.74) is 1.24. The van der Waals surface area contributed by atoms with Gasteiger partial charge < -0.3 is 9.80 Å². The summed E-state index contributed by atoms with van der Waals surface area (Å²) >= 11 is 6.30. The molecule has 0 radical (unpaired) electrons. The zero-order valence-corrected chi connectivity index (χ0v) is 17.7. The number of carbonyl (C=O) groups excluding carboxylic acids is 1. The van der Waals surface area contributed by atoms with Gasteiger partial charge in [0.1, 0.15) is 0 Å². The molecule has 6 nitrogen and oxygen atoms in total. The van der Waals surface area contributed by atoms with Crippen molar-refractivity contribution in [3.05, 3.63) is 64.7 Å². The molecule has 8 heteroatoms. The highest BCUT2D eigenvalue weighted by Gasteiger charge is 2.32. The van der Waals surface area contributed by atoms with Crippen LogP contribution in [0.25, 0.3) is 0 Å². The van der Waals surface area contributed by atoms with Crippen LogP contribution in [-0.4, -0.2) is 69.2 Å². The second kappa shape index (κ2) is 8.21. The average Bonchev–Trinajstić information content (AvgIpc) is 2.68. The molecule has 28 heavy (non-hydrogen) atoms. The van der Waals surface area contributed by atoms with Gasteiger partial charge in [-0.1, -0.05) is 41.9 Å². The molecule has 0 bridgehead atoms. The van der Waals surface area contributed by atoms with E-state index in [1.807, 2.05) is 37.4 Å². The van der Waals surface area contributed by atoms with Crippen LogP contribution >= 0.6 is 11.6 Å². The monoisotopic (exact) mass is 421 g/mol. The third-order valence-electron chi connectivity index (χ3n) is 4.98. The van der Waals surface area contributed by atoms with E-state index >= 15 is 0 Å². The van der Waals surface area contributed by atoms with Crippen LogP contribution in [0.4, 0.5) is 0 Å². The van der Waals surface area contributed by atoms with Crippen LogP contribution in [0, 0.1) is 0 Å². The molecule has 1 unspecified atom stereocenters. The number of carbonyl (C=O) groups is 1. The van der Waals surface area contributed by atoms with Crippen molar-refractivity contribution in [3.8, 4) is 0 Å². The molecule has 0 aliphatic carbocycles. The summed E-state index contributed by atoms with van der Waals surface area (Å²) in [5.74, 6) is -0.261. The molecule has 0 saturated carbocycles. The van der Waals surface area contributed by atoms with Gasteiger partial charge in [-0.25, -0.2) is 12.7 Å². The van der Waals surface area contributed by atoms with E-state index in [0.717, 1.165) is 16.4 Å². The molecule has 1 aliphatic heterocycles. The third kappa shape index (κ3) is 4.07. The number of amides is 1. The highest BCUT2D eigenvalue weighted by Crippen LogP contribution is 2.30. The van der Waals surface area contributed by atoms with Crippen LogP contribution in [0.1, 0.15) is 22.0 Å². The van der Waals surface area contributed by atoms with Crippen molar-refractivity contribution in [2.45, 2.75) is 10.9 Å². The second-order valence-corrected chi connectivity index (χ2v) is 9.68. The van der Waals surface area contributed by atoms with Gasteiger partial charge in [0, 0.05) is 33.7 Å². The summed E-state index contributed by atoms with van der Waals surface area (Å²) in [6.45, 7) is 1.97. The summed E-state index contributed by atoms with van der Waals surface area (Å²) in [5, 5.41) is 0.244. The van der Waals surface area contributed by atoms with E-state index in [2.05, 4.69) is 4.90 Å². The number of halogens is 1. The lowest BCUT2D eigenvalue weighted by molar-refractivity contribution is 0.0498. The molecule has 2 aromatic rings. The molecule has 1 amide bonds. The molecule has 0 aromatic heterocycles. The fraction of sp³-hybridized carbons (Fsp3) is 0.350. The Morgan fingerprint density at radius 3 is 2.43 bits per heavy atom. The van der Waals surface area contributed by atoms with Gasteiger partial charge in [-0.05, 0) is 30.8 Å². The van der Waals surface area contributed by atoms with Crippen LogP contribution in [0.3, 0.4) is 0 Å². The number of nitrogens with zero attached hydrogens (tertiary/aromatic N) is 3. The number of sulfonamides is 1. The highest BCUT2D eigenvalue weighted by molar-refractivity contribution is 7.89. The van der Waals surface area contributed by atoms with Gasteiger partial charge in [0.25, 0.3) is 5.91 Å². The summed E-state index contributed by atoms with van der Waals surface area (Å²) < 4.78 is 26.1. The van der Waals surface area contributed by atoms with Crippen LogP contribution in [-0.2, 0) is 10.0 Å². The molecule has 0 spiro atoms. The molecule has 1 aliphatic rings. The average molecular weight is 422 g/mol. The largest absolute Gasteiger partial charge is 0.329 e. The fourth-order valence-corrected chi connectivity index (χ4v) is 4.44. The van der Waals surface area contributed by atoms with Crippen molar-refractivity contribution in [1.29, 1.82) is 0 Å². The van der Waals surface area contributed by atoms with Crippen molar-refractivity contribution in [1.82, 2.24) is 14.1 Å². The predicted octanol–water partition coefficient (Wildman–Crippen LogP) is 2.72. The van der Waals surface area contributed by atoms with Crippen LogP contribution in [0.2, 0.25) is 5.02 Å². The smallest absolute Gasteiger partial charge is 0.256 e. The lowest BCUT2D eigenvalue weighted by Crippen LogP contribution is -2.49. The Bertz CT molecular complexity index is 964. The van der Waals surface area contributed by atoms with Crippen LogP contribution in [0.5, 0.6) is 0 Å². The number of hydrogen-bond acceptors (Lipinski definition) is 4. The first-order chi connectivity index (χ1) is 13.2. The molecule has 150 valence electrons. The number of likely N-dealkylation sites (N-methyl/N-ethyl adjacent to an activating group) is 1. The SMILES string of the molecule is CN1CCN(C(=O)c2cc(S(=O)(=O)N(C)C)ccc2Cl)C(c2ccccc2)C1. The lowest BCUT2D eigenvalue weighted by atomic mass is 10.0. The van der Waals surface area contributed by atoms with Crippen molar-refractivity contribution >= 4 is 27.5 Å². The van der Waals surface area contributed by atoms with Gasteiger partial charge in [0.05, 0.1) is 21.5 Å². The minimum atomic E-state index is -3.66. The van der Waals surface area contributed by atoms with Gasteiger partial charge >= 0.3 is 0 Å². The second-order valence-electron chi connectivity index (χ2n) is 7.12. The molecule has 2 aromatic carbocycles.